The van der Waals surface area contributed by atoms with Crippen LogP contribution in [0, 0.1) is 6.92 Å². The van der Waals surface area contributed by atoms with Crippen molar-refractivity contribution < 1.29 is 4.79 Å². The molecule has 4 heterocycles. The van der Waals surface area contributed by atoms with E-state index in [1.54, 1.807) is 10.9 Å². The van der Waals surface area contributed by atoms with Gasteiger partial charge in [-0.2, -0.15) is 5.10 Å². The highest BCUT2D eigenvalue weighted by Crippen LogP contribution is 2.32. The summed E-state index contributed by atoms with van der Waals surface area (Å²) in [6.07, 6.45) is 5.72. The Labute approximate surface area is 146 Å². The third-order valence-electron chi connectivity index (χ3n) is 4.95. The number of aryl methyl sites for hydroxylation is 3. The number of pyridine rings is 1. The molecule has 3 aromatic heterocycles. The molecule has 1 aliphatic heterocycles. The number of nitrogens with zero attached hydrogens (tertiary/aromatic N) is 5. The Morgan fingerprint density at radius 3 is 2.96 bits per heavy atom. The number of amides is 2. The number of fused-ring (bicyclic) bond motifs is 1. The molecule has 1 atom stereocenters. The first kappa shape index (κ1) is 15.7. The molecule has 0 aliphatic carbocycles. The van der Waals surface area contributed by atoms with Gasteiger partial charge in [0.2, 0.25) is 0 Å². The minimum absolute atomic E-state index is 0.0774. The van der Waals surface area contributed by atoms with Gasteiger partial charge in [0, 0.05) is 37.9 Å². The van der Waals surface area contributed by atoms with Crippen molar-refractivity contribution in [2.75, 3.05) is 11.9 Å². The number of nitrogens with one attached hydrogen (secondary N) is 1. The number of rotatable bonds is 2. The van der Waals surface area contributed by atoms with Gasteiger partial charge in [-0.1, -0.05) is 0 Å². The van der Waals surface area contributed by atoms with Gasteiger partial charge < -0.3 is 14.8 Å². The number of hydrogen-bond donors (Lipinski definition) is 1. The van der Waals surface area contributed by atoms with Gasteiger partial charge >= 0.3 is 6.03 Å². The van der Waals surface area contributed by atoms with E-state index in [9.17, 15) is 4.79 Å². The van der Waals surface area contributed by atoms with Crippen molar-refractivity contribution in [3.05, 3.63) is 42.0 Å². The van der Waals surface area contributed by atoms with Gasteiger partial charge in [-0.05, 0) is 38.0 Å². The zero-order valence-electron chi connectivity index (χ0n) is 14.7. The molecule has 130 valence electrons. The first-order valence-electron chi connectivity index (χ1n) is 8.53. The lowest BCUT2D eigenvalue weighted by molar-refractivity contribution is 0.205. The molecule has 0 radical (unpaired) electrons. The first-order valence-corrected chi connectivity index (χ1v) is 8.53. The molecule has 7 nitrogen and oxygen atoms in total. The van der Waals surface area contributed by atoms with Crippen LogP contribution in [0.2, 0.25) is 0 Å². The highest BCUT2D eigenvalue weighted by atomic mass is 16.2. The van der Waals surface area contributed by atoms with Crippen LogP contribution in [-0.2, 0) is 14.1 Å². The summed E-state index contributed by atoms with van der Waals surface area (Å²) in [5.74, 6) is 0. The lowest BCUT2D eigenvalue weighted by atomic mass is 10.1. The van der Waals surface area contributed by atoms with Gasteiger partial charge in [0.25, 0.3) is 0 Å². The Morgan fingerprint density at radius 1 is 1.36 bits per heavy atom. The van der Waals surface area contributed by atoms with Crippen LogP contribution in [0.4, 0.5) is 10.5 Å². The van der Waals surface area contributed by atoms with Gasteiger partial charge in [0.05, 0.1) is 23.6 Å². The van der Waals surface area contributed by atoms with Gasteiger partial charge in [-0.25, -0.2) is 9.78 Å². The highest BCUT2D eigenvalue weighted by Gasteiger charge is 2.31. The SMILES string of the molecule is Cc1nn(C)c2ncc(NC(=O)N3CCCC3c3cccn3C)cc12. The summed E-state index contributed by atoms with van der Waals surface area (Å²) in [5.41, 5.74) is 3.60. The number of hydrogen-bond acceptors (Lipinski definition) is 3. The third-order valence-corrected chi connectivity index (χ3v) is 4.95. The van der Waals surface area contributed by atoms with Crippen LogP contribution in [0.25, 0.3) is 11.0 Å². The van der Waals surface area contributed by atoms with E-state index >= 15 is 0 Å². The van der Waals surface area contributed by atoms with Crippen LogP contribution in [0.3, 0.4) is 0 Å². The predicted molar refractivity (Wildman–Crippen MR) is 96.4 cm³/mol. The van der Waals surface area contributed by atoms with E-state index in [2.05, 4.69) is 26.0 Å². The van der Waals surface area contributed by atoms with E-state index in [-0.39, 0.29) is 12.1 Å². The molecule has 0 bridgehead atoms. The number of likely N-dealkylation sites (tertiary alicyclic amines) is 1. The Balaban J connectivity index is 1.57. The van der Waals surface area contributed by atoms with E-state index in [4.69, 9.17) is 0 Å². The normalized spacial score (nSPS) is 17.4. The second-order valence-electron chi connectivity index (χ2n) is 6.63. The van der Waals surface area contributed by atoms with Crippen molar-refractivity contribution in [2.24, 2.45) is 14.1 Å². The lowest BCUT2D eigenvalue weighted by Gasteiger charge is -2.25. The lowest BCUT2D eigenvalue weighted by Crippen LogP contribution is -2.35. The molecular formula is C18H22N6O. The quantitative estimate of drug-likeness (QED) is 0.781. The Hall–Kier alpha value is -2.83. The molecule has 1 saturated heterocycles. The maximum absolute atomic E-state index is 12.8. The van der Waals surface area contributed by atoms with Gasteiger partial charge in [-0.3, -0.25) is 4.68 Å². The molecule has 0 aromatic carbocycles. The maximum atomic E-state index is 12.8. The first-order chi connectivity index (χ1) is 12.0. The molecule has 25 heavy (non-hydrogen) atoms. The predicted octanol–water partition coefficient (Wildman–Crippen LogP) is 2.98. The summed E-state index contributed by atoms with van der Waals surface area (Å²) in [4.78, 5) is 19.2. The third kappa shape index (κ3) is 2.65. The summed E-state index contributed by atoms with van der Waals surface area (Å²) in [6, 6.07) is 6.09. The fourth-order valence-electron chi connectivity index (χ4n) is 3.71. The van der Waals surface area contributed by atoms with Crippen LogP contribution in [-0.4, -0.2) is 36.8 Å². The van der Waals surface area contributed by atoms with Crippen molar-refractivity contribution in [3.8, 4) is 0 Å². The van der Waals surface area contributed by atoms with Crippen molar-refractivity contribution >= 4 is 22.8 Å². The number of carbonyl (C=O) groups is 1. The zero-order chi connectivity index (χ0) is 17.6. The minimum atomic E-state index is -0.0774. The Bertz CT molecular complexity index is 940. The molecule has 1 aliphatic rings. The number of aromatic nitrogens is 4. The van der Waals surface area contributed by atoms with Crippen LogP contribution in [0.5, 0.6) is 0 Å². The molecule has 1 unspecified atom stereocenters. The van der Waals surface area contributed by atoms with E-state index in [0.29, 0.717) is 5.69 Å². The number of anilines is 1. The molecule has 0 spiro atoms. The molecule has 4 rings (SSSR count). The monoisotopic (exact) mass is 338 g/mol. The van der Waals surface area contributed by atoms with Crippen LogP contribution >= 0.6 is 0 Å². The summed E-state index contributed by atoms with van der Waals surface area (Å²) in [5, 5.41) is 8.33. The van der Waals surface area contributed by atoms with E-state index < -0.39 is 0 Å². The van der Waals surface area contributed by atoms with Gasteiger partial charge in [0.15, 0.2) is 5.65 Å². The number of urea groups is 1. The molecular weight excluding hydrogens is 316 g/mol. The molecule has 1 N–H and O–H groups in total. The van der Waals surface area contributed by atoms with Crippen LogP contribution < -0.4 is 5.32 Å². The molecule has 2 amide bonds. The topological polar surface area (TPSA) is 68.0 Å². The average molecular weight is 338 g/mol. The molecule has 3 aromatic rings. The van der Waals surface area contributed by atoms with Crippen LogP contribution in [0.15, 0.2) is 30.6 Å². The fraction of sp³-hybridized carbons (Fsp3) is 0.389. The highest BCUT2D eigenvalue weighted by molar-refractivity contribution is 5.92. The van der Waals surface area contributed by atoms with E-state index in [1.807, 2.05) is 44.2 Å². The largest absolute Gasteiger partial charge is 0.353 e. The smallest absolute Gasteiger partial charge is 0.322 e. The van der Waals surface area contributed by atoms with Gasteiger partial charge in [0.1, 0.15) is 0 Å². The van der Waals surface area contributed by atoms with Crippen molar-refractivity contribution in [3.63, 3.8) is 0 Å². The Kier molecular flexibility index (Phi) is 3.71. The van der Waals surface area contributed by atoms with Gasteiger partial charge in [-0.15, -0.1) is 0 Å². The summed E-state index contributed by atoms with van der Waals surface area (Å²) >= 11 is 0. The maximum Gasteiger partial charge on any atom is 0.322 e. The summed E-state index contributed by atoms with van der Waals surface area (Å²) in [6.45, 7) is 2.71. The second kappa shape index (κ2) is 5.91. The van der Waals surface area contributed by atoms with Crippen molar-refractivity contribution in [2.45, 2.75) is 25.8 Å². The Morgan fingerprint density at radius 2 is 2.20 bits per heavy atom. The van der Waals surface area contributed by atoms with Crippen molar-refractivity contribution in [1.82, 2.24) is 24.2 Å². The average Bonchev–Trinajstić information content (AvgIpc) is 3.28. The summed E-state index contributed by atoms with van der Waals surface area (Å²) < 4.78 is 3.84. The summed E-state index contributed by atoms with van der Waals surface area (Å²) in [7, 11) is 3.89. The minimum Gasteiger partial charge on any atom is -0.353 e. The fourth-order valence-corrected chi connectivity index (χ4v) is 3.71. The van der Waals surface area contributed by atoms with E-state index in [0.717, 1.165) is 36.1 Å². The molecule has 1 fully saturated rings. The second-order valence-corrected chi connectivity index (χ2v) is 6.63. The zero-order valence-corrected chi connectivity index (χ0v) is 14.7. The standard InChI is InChI=1S/C18H22N6O/c1-12-14-10-13(11-19-17(14)23(3)21-12)20-18(25)24-9-5-7-16(24)15-6-4-8-22(15)2/h4,6,8,10-11,16H,5,7,9H2,1-3H3,(H,20,25). The number of carbonyl (C=O) groups excluding carboxylic acids is 1. The van der Waals surface area contributed by atoms with Crippen molar-refractivity contribution in [1.29, 1.82) is 0 Å². The molecule has 7 heteroatoms. The van der Waals surface area contributed by atoms with E-state index in [1.165, 1.54) is 5.69 Å². The molecule has 0 saturated carbocycles. The van der Waals surface area contributed by atoms with Crippen LogP contribution in [0.1, 0.15) is 30.3 Å².